The zero-order valence-corrected chi connectivity index (χ0v) is 12.3. The Bertz CT molecular complexity index is 400. The van der Waals surface area contributed by atoms with Gasteiger partial charge in [0.15, 0.2) is 0 Å². The molecule has 0 radical (unpaired) electrons. The van der Waals surface area contributed by atoms with E-state index in [0.717, 1.165) is 24.3 Å². The van der Waals surface area contributed by atoms with Gasteiger partial charge in [0.25, 0.3) is 0 Å². The number of nitrogen functional groups attached to an aromatic ring is 1. The Labute approximate surface area is 116 Å². The third kappa shape index (κ3) is 4.47. The van der Waals surface area contributed by atoms with E-state index in [2.05, 4.69) is 17.1 Å². The largest absolute Gasteiger partial charge is 0.399 e. The summed E-state index contributed by atoms with van der Waals surface area (Å²) in [5.74, 6) is 0.0558. The molecule has 0 spiro atoms. The topological polar surface area (TPSA) is 58.4 Å². The third-order valence-corrected chi connectivity index (χ3v) is 2.97. The zero-order chi connectivity index (χ0) is 14.4. The highest BCUT2D eigenvalue weighted by Gasteiger charge is 2.21. The maximum Gasteiger partial charge on any atom is 0.242 e. The number of nitrogens with zero attached hydrogens (tertiary/aromatic N) is 1. The Morgan fingerprint density at radius 1 is 1.26 bits per heavy atom. The van der Waals surface area contributed by atoms with Gasteiger partial charge in [0, 0.05) is 24.0 Å². The first kappa shape index (κ1) is 15.3. The van der Waals surface area contributed by atoms with Crippen LogP contribution in [0.2, 0.25) is 0 Å². The molecule has 0 fully saturated rings. The van der Waals surface area contributed by atoms with Gasteiger partial charge in [-0.25, -0.2) is 0 Å². The summed E-state index contributed by atoms with van der Waals surface area (Å²) in [5.41, 5.74) is 7.47. The van der Waals surface area contributed by atoms with Crippen molar-refractivity contribution in [2.45, 2.75) is 46.2 Å². The summed E-state index contributed by atoms with van der Waals surface area (Å²) in [6.07, 6.45) is 0.990. The molecule has 19 heavy (non-hydrogen) atoms. The van der Waals surface area contributed by atoms with Crippen LogP contribution in [0.15, 0.2) is 24.3 Å². The smallest absolute Gasteiger partial charge is 0.242 e. The number of rotatable bonds is 6. The highest BCUT2D eigenvalue weighted by atomic mass is 16.2. The van der Waals surface area contributed by atoms with E-state index >= 15 is 0 Å². The molecule has 0 bridgehead atoms. The van der Waals surface area contributed by atoms with Crippen LogP contribution in [0.5, 0.6) is 0 Å². The molecule has 1 aromatic carbocycles. The van der Waals surface area contributed by atoms with Gasteiger partial charge in [0.2, 0.25) is 5.91 Å². The van der Waals surface area contributed by atoms with Gasteiger partial charge in [-0.2, -0.15) is 0 Å². The molecule has 1 unspecified atom stereocenters. The lowest BCUT2D eigenvalue weighted by atomic mass is 10.1. The first-order chi connectivity index (χ1) is 8.95. The molecule has 1 atom stereocenters. The van der Waals surface area contributed by atoms with Crippen molar-refractivity contribution >= 4 is 17.3 Å². The predicted octanol–water partition coefficient (Wildman–Crippen LogP) is 2.40. The van der Waals surface area contributed by atoms with Gasteiger partial charge in [-0.3, -0.25) is 4.79 Å². The molecule has 4 nitrogen and oxygen atoms in total. The lowest BCUT2D eigenvalue weighted by Crippen LogP contribution is -2.47. The van der Waals surface area contributed by atoms with Crippen LogP contribution in [-0.4, -0.2) is 24.5 Å². The lowest BCUT2D eigenvalue weighted by Gasteiger charge is -2.30. The average Bonchev–Trinajstić information content (AvgIpc) is 2.35. The molecule has 0 aliphatic rings. The molecule has 0 aliphatic heterocycles. The van der Waals surface area contributed by atoms with E-state index in [1.54, 1.807) is 0 Å². The first-order valence-electron chi connectivity index (χ1n) is 6.88. The summed E-state index contributed by atoms with van der Waals surface area (Å²) in [6, 6.07) is 7.63. The number of nitrogens with two attached hydrogens (primary N) is 1. The van der Waals surface area contributed by atoms with Crippen LogP contribution in [0.4, 0.5) is 11.4 Å². The van der Waals surface area contributed by atoms with Gasteiger partial charge in [-0.1, -0.05) is 6.92 Å². The summed E-state index contributed by atoms with van der Waals surface area (Å²) in [4.78, 5) is 14.2. The summed E-state index contributed by atoms with van der Waals surface area (Å²) >= 11 is 0. The Kier molecular flexibility index (Phi) is 5.67. The lowest BCUT2D eigenvalue weighted by molar-refractivity contribution is -0.122. The number of benzene rings is 1. The van der Waals surface area contributed by atoms with E-state index in [9.17, 15) is 4.79 Å². The van der Waals surface area contributed by atoms with E-state index in [0.29, 0.717) is 0 Å². The van der Waals surface area contributed by atoms with Crippen LogP contribution in [-0.2, 0) is 4.79 Å². The van der Waals surface area contributed by atoms with Gasteiger partial charge in [-0.15, -0.1) is 0 Å². The minimum Gasteiger partial charge on any atom is -0.399 e. The maximum absolute atomic E-state index is 12.1. The van der Waals surface area contributed by atoms with Crippen molar-refractivity contribution in [1.29, 1.82) is 0 Å². The number of hydrogen-bond acceptors (Lipinski definition) is 3. The Hall–Kier alpha value is -1.71. The fraction of sp³-hybridized carbons (Fsp3) is 0.533. The van der Waals surface area contributed by atoms with Crippen LogP contribution in [0, 0.1) is 0 Å². The van der Waals surface area contributed by atoms with Gasteiger partial charge in [0.05, 0.1) is 0 Å². The summed E-state index contributed by atoms with van der Waals surface area (Å²) in [6.45, 7) is 8.83. The Morgan fingerprint density at radius 2 is 1.84 bits per heavy atom. The van der Waals surface area contributed by atoms with E-state index in [-0.39, 0.29) is 18.0 Å². The molecule has 1 amide bonds. The number of amides is 1. The number of hydrogen-bond donors (Lipinski definition) is 2. The van der Waals surface area contributed by atoms with Crippen LogP contribution < -0.4 is 16.0 Å². The highest BCUT2D eigenvalue weighted by molar-refractivity contribution is 5.85. The molecule has 0 heterocycles. The Balaban J connectivity index is 2.87. The van der Waals surface area contributed by atoms with Crippen molar-refractivity contribution in [3.63, 3.8) is 0 Å². The molecule has 4 heteroatoms. The van der Waals surface area contributed by atoms with E-state index < -0.39 is 0 Å². The molecule has 1 rings (SSSR count). The standard InChI is InChI=1S/C15H25N3O/c1-5-10-18(12(4)15(19)17-11(2)3)14-8-6-13(16)7-9-14/h6-9,11-12H,5,10,16H2,1-4H3,(H,17,19). The number of nitrogens with one attached hydrogen (secondary N) is 1. The third-order valence-electron chi connectivity index (χ3n) is 2.97. The molecule has 0 aliphatic carbocycles. The SMILES string of the molecule is CCCN(c1ccc(N)cc1)C(C)C(=O)NC(C)C. The quantitative estimate of drug-likeness (QED) is 0.775. The zero-order valence-electron chi connectivity index (χ0n) is 12.3. The molecule has 0 saturated heterocycles. The normalized spacial score (nSPS) is 12.3. The van der Waals surface area contributed by atoms with E-state index in [1.807, 2.05) is 45.0 Å². The van der Waals surface area contributed by atoms with Crippen molar-refractivity contribution in [1.82, 2.24) is 5.32 Å². The fourth-order valence-electron chi connectivity index (χ4n) is 2.00. The van der Waals surface area contributed by atoms with Crippen LogP contribution in [0.1, 0.15) is 34.1 Å². The molecule has 1 aromatic rings. The number of carbonyl (C=O) groups is 1. The van der Waals surface area contributed by atoms with Crippen molar-refractivity contribution in [3.8, 4) is 0 Å². The highest BCUT2D eigenvalue weighted by Crippen LogP contribution is 2.19. The molecule has 106 valence electrons. The van der Waals surface area contributed by atoms with Crippen LogP contribution in [0.25, 0.3) is 0 Å². The van der Waals surface area contributed by atoms with Gasteiger partial charge in [0.1, 0.15) is 6.04 Å². The second kappa shape index (κ2) is 7.02. The monoisotopic (exact) mass is 263 g/mol. The number of carbonyl (C=O) groups excluding carboxylic acids is 1. The van der Waals surface area contributed by atoms with Gasteiger partial charge in [-0.05, 0) is 51.5 Å². The Morgan fingerprint density at radius 3 is 2.32 bits per heavy atom. The second-order valence-corrected chi connectivity index (χ2v) is 5.12. The average molecular weight is 263 g/mol. The van der Waals surface area contributed by atoms with Crippen LogP contribution in [0.3, 0.4) is 0 Å². The minimum atomic E-state index is -0.189. The molecular formula is C15H25N3O. The molecule has 0 aromatic heterocycles. The van der Waals surface area contributed by atoms with Crippen molar-refractivity contribution in [2.75, 3.05) is 17.2 Å². The predicted molar refractivity (Wildman–Crippen MR) is 81.2 cm³/mol. The van der Waals surface area contributed by atoms with Gasteiger partial charge < -0.3 is 16.0 Å². The fourth-order valence-corrected chi connectivity index (χ4v) is 2.00. The summed E-state index contributed by atoms with van der Waals surface area (Å²) in [7, 11) is 0. The van der Waals surface area contributed by atoms with E-state index in [4.69, 9.17) is 5.73 Å². The number of anilines is 2. The minimum absolute atomic E-state index is 0.0558. The second-order valence-electron chi connectivity index (χ2n) is 5.12. The maximum atomic E-state index is 12.1. The molecule has 0 saturated carbocycles. The van der Waals surface area contributed by atoms with Gasteiger partial charge >= 0.3 is 0 Å². The molecule has 3 N–H and O–H groups in total. The first-order valence-corrected chi connectivity index (χ1v) is 6.88. The van der Waals surface area contributed by atoms with Crippen molar-refractivity contribution < 1.29 is 4.79 Å². The molecular weight excluding hydrogens is 238 g/mol. The summed E-state index contributed by atoms with van der Waals surface area (Å²) in [5, 5.41) is 2.96. The summed E-state index contributed by atoms with van der Waals surface area (Å²) < 4.78 is 0. The van der Waals surface area contributed by atoms with Crippen molar-refractivity contribution in [3.05, 3.63) is 24.3 Å². The van der Waals surface area contributed by atoms with Crippen molar-refractivity contribution in [2.24, 2.45) is 0 Å². The van der Waals surface area contributed by atoms with Crippen LogP contribution >= 0.6 is 0 Å². The van der Waals surface area contributed by atoms with E-state index in [1.165, 1.54) is 0 Å².